The van der Waals surface area contributed by atoms with Crippen molar-refractivity contribution in [1.29, 1.82) is 0 Å². The van der Waals surface area contributed by atoms with E-state index in [4.69, 9.17) is 9.47 Å². The minimum Gasteiger partial charge on any atom is -0.490 e. The van der Waals surface area contributed by atoms with E-state index in [1.54, 1.807) is 18.2 Å². The van der Waals surface area contributed by atoms with E-state index in [9.17, 15) is 31.1 Å². The number of rotatable bonds is 5. The molecule has 1 saturated carbocycles. The molecule has 0 amide bonds. The first-order valence-electron chi connectivity index (χ1n) is 12.1. The SMILES string of the molecule is COC(=O)C1CCN(Cc2ccc3c(C(F)(F)F)c(O[C@H]4CC[C@@H](C(F)(F)F)CC4)ccc3c2)CC1. The molecule has 4 nitrogen and oxygen atoms in total. The van der Waals surface area contributed by atoms with Crippen LogP contribution in [0.15, 0.2) is 30.3 Å². The first-order chi connectivity index (χ1) is 17.0. The number of alkyl halides is 6. The zero-order chi connectivity index (χ0) is 26.1. The molecule has 2 aliphatic rings. The average Bonchev–Trinajstić information content (AvgIpc) is 2.83. The number of hydrogen-bond acceptors (Lipinski definition) is 4. The standard InChI is InChI=1S/C26H29F6NO3/c1-35-24(34)17-10-12-33(13-11-17)15-16-2-8-21-18(14-16)3-9-22(23(21)26(30,31)32)36-20-6-4-19(5-7-20)25(27,28)29/h2-3,8-9,14,17,19-20H,4-7,10-13,15H2,1H3/t19-,20+. The van der Waals surface area contributed by atoms with Crippen LogP contribution < -0.4 is 4.74 Å². The number of ether oxygens (including phenoxy) is 2. The maximum atomic E-state index is 14.1. The number of nitrogens with zero attached hydrogens (tertiary/aromatic N) is 1. The molecule has 1 aliphatic carbocycles. The van der Waals surface area contributed by atoms with Gasteiger partial charge in [-0.15, -0.1) is 0 Å². The minimum absolute atomic E-state index is 0.00266. The zero-order valence-corrected chi connectivity index (χ0v) is 19.9. The second kappa shape index (κ2) is 10.5. The summed E-state index contributed by atoms with van der Waals surface area (Å²) in [6.45, 7) is 1.93. The van der Waals surface area contributed by atoms with Crippen molar-refractivity contribution in [2.45, 2.75) is 63.5 Å². The van der Waals surface area contributed by atoms with Crippen molar-refractivity contribution in [1.82, 2.24) is 4.90 Å². The third-order valence-corrected chi connectivity index (χ3v) is 7.29. The molecule has 0 spiro atoms. The molecule has 0 bridgehead atoms. The van der Waals surface area contributed by atoms with Crippen LogP contribution in [0, 0.1) is 11.8 Å². The van der Waals surface area contributed by atoms with E-state index in [0.717, 1.165) is 5.56 Å². The Morgan fingerprint density at radius 1 is 0.944 bits per heavy atom. The third-order valence-electron chi connectivity index (χ3n) is 7.29. The smallest absolute Gasteiger partial charge is 0.420 e. The molecule has 10 heteroatoms. The summed E-state index contributed by atoms with van der Waals surface area (Å²) in [5, 5.41) is 0.412. The summed E-state index contributed by atoms with van der Waals surface area (Å²) < 4.78 is 91.5. The van der Waals surface area contributed by atoms with Crippen molar-refractivity contribution in [2.24, 2.45) is 11.8 Å². The summed E-state index contributed by atoms with van der Waals surface area (Å²) >= 11 is 0. The summed E-state index contributed by atoms with van der Waals surface area (Å²) in [6.07, 6.45) is -8.50. The van der Waals surface area contributed by atoms with Crippen LogP contribution >= 0.6 is 0 Å². The highest BCUT2D eigenvalue weighted by molar-refractivity contribution is 5.89. The van der Waals surface area contributed by atoms with Crippen LogP contribution in [0.5, 0.6) is 5.75 Å². The highest BCUT2D eigenvalue weighted by atomic mass is 19.4. The fourth-order valence-corrected chi connectivity index (χ4v) is 5.29. The summed E-state index contributed by atoms with van der Waals surface area (Å²) in [6, 6.07) is 7.64. The van der Waals surface area contributed by atoms with Crippen LogP contribution in [0.25, 0.3) is 10.8 Å². The lowest BCUT2D eigenvalue weighted by atomic mass is 9.87. The van der Waals surface area contributed by atoms with Gasteiger partial charge in [0.1, 0.15) is 11.3 Å². The Balaban J connectivity index is 1.49. The maximum absolute atomic E-state index is 14.1. The molecule has 1 saturated heterocycles. The van der Waals surface area contributed by atoms with Gasteiger partial charge in [0, 0.05) is 6.54 Å². The Morgan fingerprint density at radius 2 is 1.61 bits per heavy atom. The van der Waals surface area contributed by atoms with Crippen molar-refractivity contribution >= 4 is 16.7 Å². The van der Waals surface area contributed by atoms with Crippen molar-refractivity contribution in [3.63, 3.8) is 0 Å². The maximum Gasteiger partial charge on any atom is 0.420 e. The first kappa shape index (κ1) is 26.6. The number of carbonyl (C=O) groups is 1. The van der Waals surface area contributed by atoms with Gasteiger partial charge >= 0.3 is 18.3 Å². The lowest BCUT2D eigenvalue weighted by molar-refractivity contribution is -0.185. The fraction of sp³-hybridized carbons (Fsp3) is 0.577. The van der Waals surface area contributed by atoms with Crippen LogP contribution in [-0.4, -0.2) is 43.3 Å². The molecule has 0 N–H and O–H groups in total. The van der Waals surface area contributed by atoms with Gasteiger partial charge in [-0.05, 0) is 80.1 Å². The second-order valence-corrected chi connectivity index (χ2v) is 9.70. The molecule has 2 fully saturated rings. The second-order valence-electron chi connectivity index (χ2n) is 9.70. The number of methoxy groups -OCH3 is 1. The summed E-state index contributed by atoms with van der Waals surface area (Å²) in [7, 11) is 1.37. The topological polar surface area (TPSA) is 38.8 Å². The minimum atomic E-state index is -4.69. The number of piperidine rings is 1. The Hall–Kier alpha value is -2.49. The molecule has 1 heterocycles. The van der Waals surface area contributed by atoms with Gasteiger partial charge in [0.15, 0.2) is 0 Å². The molecular formula is C26H29F6NO3. The van der Waals surface area contributed by atoms with Crippen molar-refractivity contribution in [2.75, 3.05) is 20.2 Å². The van der Waals surface area contributed by atoms with E-state index in [2.05, 4.69) is 4.90 Å². The molecule has 0 unspecified atom stereocenters. The van der Waals surface area contributed by atoms with Gasteiger partial charge < -0.3 is 9.47 Å². The Kier molecular flexibility index (Phi) is 7.73. The number of hydrogen-bond donors (Lipinski definition) is 0. The van der Waals surface area contributed by atoms with E-state index in [-0.39, 0.29) is 48.7 Å². The molecule has 0 aromatic heterocycles. The van der Waals surface area contributed by atoms with Crippen molar-refractivity contribution < 1.29 is 40.6 Å². The molecule has 0 atom stereocenters. The number of benzene rings is 2. The van der Waals surface area contributed by atoms with Gasteiger partial charge in [-0.1, -0.05) is 18.2 Å². The number of likely N-dealkylation sites (tertiary alicyclic amines) is 1. The van der Waals surface area contributed by atoms with Crippen molar-refractivity contribution in [3.8, 4) is 5.75 Å². The lowest BCUT2D eigenvalue weighted by Crippen LogP contribution is -2.36. The van der Waals surface area contributed by atoms with Gasteiger partial charge in [0.2, 0.25) is 0 Å². The summed E-state index contributed by atoms with van der Waals surface area (Å²) in [5.41, 5.74) is -0.0466. The average molecular weight is 518 g/mol. The highest BCUT2D eigenvalue weighted by Gasteiger charge is 2.42. The fourth-order valence-electron chi connectivity index (χ4n) is 5.29. The number of fused-ring (bicyclic) bond motifs is 1. The lowest BCUT2D eigenvalue weighted by Gasteiger charge is -2.31. The Labute approximate surface area is 205 Å². The normalized spacial score (nSPS) is 22.5. The quantitative estimate of drug-likeness (QED) is 0.325. The van der Waals surface area contributed by atoms with Gasteiger partial charge in [0.25, 0.3) is 0 Å². The van der Waals surface area contributed by atoms with Gasteiger partial charge in [-0.3, -0.25) is 9.69 Å². The van der Waals surface area contributed by atoms with E-state index >= 15 is 0 Å². The van der Waals surface area contributed by atoms with E-state index < -0.39 is 29.9 Å². The highest BCUT2D eigenvalue weighted by Crippen LogP contribution is 2.44. The molecule has 1 aliphatic heterocycles. The van der Waals surface area contributed by atoms with Crippen molar-refractivity contribution in [3.05, 3.63) is 41.5 Å². The van der Waals surface area contributed by atoms with Gasteiger partial charge in [0.05, 0.1) is 25.0 Å². The molecule has 36 heavy (non-hydrogen) atoms. The number of halogens is 6. The van der Waals surface area contributed by atoms with Gasteiger partial charge in [-0.2, -0.15) is 26.3 Å². The first-order valence-corrected chi connectivity index (χ1v) is 12.1. The summed E-state index contributed by atoms with van der Waals surface area (Å²) in [4.78, 5) is 13.9. The Bertz CT molecular complexity index is 1070. The molecule has 4 rings (SSSR count). The van der Waals surface area contributed by atoms with Crippen LogP contribution in [0.1, 0.15) is 49.7 Å². The van der Waals surface area contributed by atoms with E-state index in [0.29, 0.717) is 37.9 Å². The predicted octanol–water partition coefficient (Wildman–Crippen LogP) is 6.74. The van der Waals surface area contributed by atoms with Crippen LogP contribution in [0.3, 0.4) is 0 Å². The predicted molar refractivity (Wildman–Crippen MR) is 121 cm³/mol. The molecule has 2 aromatic carbocycles. The van der Waals surface area contributed by atoms with Crippen LogP contribution in [-0.2, 0) is 22.3 Å². The molecular weight excluding hydrogens is 488 g/mol. The van der Waals surface area contributed by atoms with Crippen LogP contribution in [0.2, 0.25) is 0 Å². The zero-order valence-electron chi connectivity index (χ0n) is 19.9. The van der Waals surface area contributed by atoms with Gasteiger partial charge in [-0.25, -0.2) is 0 Å². The molecule has 2 aromatic rings. The van der Waals surface area contributed by atoms with E-state index in [1.165, 1.54) is 19.2 Å². The van der Waals surface area contributed by atoms with Crippen LogP contribution in [0.4, 0.5) is 26.3 Å². The molecule has 0 radical (unpaired) electrons. The number of carbonyl (C=O) groups excluding carboxylic acids is 1. The Morgan fingerprint density at radius 3 is 2.19 bits per heavy atom. The third kappa shape index (κ3) is 6.07. The number of esters is 1. The van der Waals surface area contributed by atoms with E-state index in [1.807, 2.05) is 0 Å². The molecule has 198 valence electrons. The monoisotopic (exact) mass is 517 g/mol. The summed E-state index contributed by atoms with van der Waals surface area (Å²) in [5.74, 6) is -2.12. The largest absolute Gasteiger partial charge is 0.490 e.